The highest BCUT2D eigenvalue weighted by Crippen LogP contribution is 1.98. The van der Waals surface area contributed by atoms with Crippen molar-refractivity contribution in [2.24, 2.45) is 0 Å². The van der Waals surface area contributed by atoms with Crippen LogP contribution in [0.1, 0.15) is 20.3 Å². The highest BCUT2D eigenvalue weighted by atomic mass is 16.5. The standard InChI is InChI=1S/C8H12O4/c1-3-12-8(11)5-7(10)4-6(2)9/h4,10H,3,5H2,1-2H3/b7-4-. The van der Waals surface area contributed by atoms with Crippen molar-refractivity contribution in [1.29, 1.82) is 0 Å². The molecule has 0 aromatic heterocycles. The summed E-state index contributed by atoms with van der Waals surface area (Å²) < 4.78 is 4.54. The van der Waals surface area contributed by atoms with Gasteiger partial charge in [0.05, 0.1) is 6.61 Å². The summed E-state index contributed by atoms with van der Waals surface area (Å²) in [5.41, 5.74) is 0. The summed E-state index contributed by atoms with van der Waals surface area (Å²) in [5, 5.41) is 8.96. The first-order valence-electron chi connectivity index (χ1n) is 3.62. The molecule has 4 heteroatoms. The molecule has 0 aliphatic heterocycles. The molecule has 0 heterocycles. The van der Waals surface area contributed by atoms with Gasteiger partial charge in [-0.25, -0.2) is 0 Å². The van der Waals surface area contributed by atoms with Crippen molar-refractivity contribution in [3.63, 3.8) is 0 Å². The SMILES string of the molecule is CCOC(=O)C/C(O)=C/C(C)=O. The Morgan fingerprint density at radius 3 is 2.50 bits per heavy atom. The fourth-order valence-corrected chi connectivity index (χ4v) is 0.646. The van der Waals surface area contributed by atoms with Crippen molar-refractivity contribution in [3.05, 3.63) is 11.8 Å². The zero-order chi connectivity index (χ0) is 9.56. The van der Waals surface area contributed by atoms with Crippen molar-refractivity contribution >= 4 is 11.8 Å². The summed E-state index contributed by atoms with van der Waals surface area (Å²) in [6.07, 6.45) is 0.754. The van der Waals surface area contributed by atoms with Crippen LogP contribution in [0.4, 0.5) is 0 Å². The molecule has 0 aromatic rings. The summed E-state index contributed by atoms with van der Waals surface area (Å²) in [6.45, 7) is 3.23. The minimum atomic E-state index is -0.535. The summed E-state index contributed by atoms with van der Waals surface area (Å²) >= 11 is 0. The Kier molecular flexibility index (Phi) is 4.76. The molecule has 0 aromatic carbocycles. The lowest BCUT2D eigenvalue weighted by Gasteiger charge is -1.99. The molecule has 0 rings (SSSR count). The van der Waals surface area contributed by atoms with Gasteiger partial charge in [0.1, 0.15) is 12.2 Å². The van der Waals surface area contributed by atoms with Gasteiger partial charge in [-0.3, -0.25) is 9.59 Å². The van der Waals surface area contributed by atoms with E-state index in [1.54, 1.807) is 6.92 Å². The molecule has 0 aliphatic rings. The zero-order valence-electron chi connectivity index (χ0n) is 7.16. The lowest BCUT2D eigenvalue weighted by atomic mass is 10.3. The number of aliphatic hydroxyl groups is 1. The number of hydrogen-bond acceptors (Lipinski definition) is 4. The first-order valence-corrected chi connectivity index (χ1v) is 3.62. The maximum Gasteiger partial charge on any atom is 0.313 e. The molecule has 0 bridgehead atoms. The highest BCUT2D eigenvalue weighted by Gasteiger charge is 2.05. The van der Waals surface area contributed by atoms with Crippen LogP contribution in [-0.2, 0) is 14.3 Å². The Balaban J connectivity index is 3.91. The van der Waals surface area contributed by atoms with E-state index in [-0.39, 0.29) is 24.6 Å². The van der Waals surface area contributed by atoms with Crippen molar-refractivity contribution in [2.75, 3.05) is 6.61 Å². The molecular formula is C8H12O4. The van der Waals surface area contributed by atoms with Crippen LogP contribution in [0, 0.1) is 0 Å². The van der Waals surface area contributed by atoms with Gasteiger partial charge < -0.3 is 9.84 Å². The number of esters is 1. The second-order valence-corrected chi connectivity index (χ2v) is 2.23. The van der Waals surface area contributed by atoms with Crippen molar-refractivity contribution in [1.82, 2.24) is 0 Å². The number of hydrogen-bond donors (Lipinski definition) is 1. The highest BCUT2D eigenvalue weighted by molar-refractivity contribution is 5.88. The lowest BCUT2D eigenvalue weighted by Crippen LogP contribution is -2.05. The van der Waals surface area contributed by atoms with Crippen LogP contribution in [0.2, 0.25) is 0 Å². The van der Waals surface area contributed by atoms with Crippen LogP contribution in [0.3, 0.4) is 0 Å². The van der Waals surface area contributed by atoms with Gasteiger partial charge in [-0.1, -0.05) is 0 Å². The topological polar surface area (TPSA) is 63.6 Å². The number of rotatable bonds is 4. The van der Waals surface area contributed by atoms with Crippen LogP contribution in [0.15, 0.2) is 11.8 Å². The predicted molar refractivity (Wildman–Crippen MR) is 42.6 cm³/mol. The molecule has 0 atom stereocenters. The fourth-order valence-electron chi connectivity index (χ4n) is 0.646. The monoisotopic (exact) mass is 172 g/mol. The largest absolute Gasteiger partial charge is 0.512 e. The maximum absolute atomic E-state index is 10.7. The Morgan fingerprint density at radius 1 is 1.50 bits per heavy atom. The van der Waals surface area contributed by atoms with Gasteiger partial charge >= 0.3 is 5.97 Å². The molecule has 0 amide bonds. The second-order valence-electron chi connectivity index (χ2n) is 2.23. The molecule has 0 radical (unpaired) electrons. The number of carbonyl (C=O) groups excluding carboxylic acids is 2. The fraction of sp³-hybridized carbons (Fsp3) is 0.500. The first kappa shape index (κ1) is 10.7. The Morgan fingerprint density at radius 2 is 2.08 bits per heavy atom. The number of ketones is 1. The number of carbonyl (C=O) groups is 2. The molecule has 0 unspecified atom stereocenters. The van der Waals surface area contributed by atoms with Gasteiger partial charge in [0.15, 0.2) is 5.78 Å². The van der Waals surface area contributed by atoms with Gasteiger partial charge in [-0.2, -0.15) is 0 Å². The summed E-state index contributed by atoms with van der Waals surface area (Å²) in [5.74, 6) is -1.09. The predicted octanol–water partition coefficient (Wildman–Crippen LogP) is 0.971. The summed E-state index contributed by atoms with van der Waals surface area (Å²) in [4.78, 5) is 21.1. The Hall–Kier alpha value is -1.32. The molecule has 0 aliphatic carbocycles. The van der Waals surface area contributed by atoms with E-state index in [0.717, 1.165) is 6.08 Å². The molecular weight excluding hydrogens is 160 g/mol. The molecule has 12 heavy (non-hydrogen) atoms. The van der Waals surface area contributed by atoms with E-state index in [1.807, 2.05) is 0 Å². The van der Waals surface area contributed by atoms with E-state index in [9.17, 15) is 9.59 Å². The average molecular weight is 172 g/mol. The third-order valence-corrected chi connectivity index (χ3v) is 1.00. The zero-order valence-corrected chi connectivity index (χ0v) is 7.16. The average Bonchev–Trinajstić information content (AvgIpc) is 1.84. The van der Waals surface area contributed by atoms with Crippen molar-refractivity contribution in [2.45, 2.75) is 20.3 Å². The maximum atomic E-state index is 10.7. The normalized spacial score (nSPS) is 11.0. The van der Waals surface area contributed by atoms with Gasteiger partial charge in [0, 0.05) is 6.08 Å². The minimum Gasteiger partial charge on any atom is -0.512 e. The van der Waals surface area contributed by atoms with Crippen LogP contribution in [0.5, 0.6) is 0 Å². The molecule has 68 valence electrons. The van der Waals surface area contributed by atoms with Crippen molar-refractivity contribution in [3.8, 4) is 0 Å². The summed E-state index contributed by atoms with van der Waals surface area (Å²) in [7, 11) is 0. The molecule has 4 nitrogen and oxygen atoms in total. The van der Waals surface area contributed by atoms with Gasteiger partial charge in [0.25, 0.3) is 0 Å². The van der Waals surface area contributed by atoms with E-state index >= 15 is 0 Å². The van der Waals surface area contributed by atoms with E-state index in [1.165, 1.54) is 6.92 Å². The van der Waals surface area contributed by atoms with E-state index in [4.69, 9.17) is 5.11 Å². The number of aliphatic hydroxyl groups excluding tert-OH is 1. The smallest absolute Gasteiger partial charge is 0.313 e. The molecule has 1 N–H and O–H groups in total. The molecule has 0 saturated heterocycles. The lowest BCUT2D eigenvalue weighted by molar-refractivity contribution is -0.142. The second kappa shape index (κ2) is 5.35. The van der Waals surface area contributed by atoms with Crippen LogP contribution in [0.25, 0.3) is 0 Å². The van der Waals surface area contributed by atoms with Gasteiger partial charge in [0.2, 0.25) is 0 Å². The first-order chi connectivity index (χ1) is 5.56. The molecule has 0 saturated carbocycles. The Labute approximate surface area is 70.8 Å². The number of ether oxygens (including phenoxy) is 1. The van der Waals surface area contributed by atoms with Crippen LogP contribution in [-0.4, -0.2) is 23.5 Å². The van der Waals surface area contributed by atoms with Crippen molar-refractivity contribution < 1.29 is 19.4 Å². The minimum absolute atomic E-state index is 0.243. The third kappa shape index (κ3) is 5.46. The van der Waals surface area contributed by atoms with Crippen LogP contribution >= 0.6 is 0 Å². The number of allylic oxidation sites excluding steroid dienone is 1. The molecule has 0 spiro atoms. The molecule has 0 fully saturated rings. The summed E-state index contributed by atoms with van der Waals surface area (Å²) in [6, 6.07) is 0. The van der Waals surface area contributed by atoms with E-state index < -0.39 is 5.97 Å². The van der Waals surface area contributed by atoms with E-state index in [0.29, 0.717) is 0 Å². The Bertz CT molecular complexity index is 205. The van der Waals surface area contributed by atoms with Gasteiger partial charge in [-0.15, -0.1) is 0 Å². The van der Waals surface area contributed by atoms with E-state index in [2.05, 4.69) is 4.74 Å². The quantitative estimate of drug-likeness (QED) is 0.390. The van der Waals surface area contributed by atoms with Crippen LogP contribution < -0.4 is 0 Å². The third-order valence-electron chi connectivity index (χ3n) is 1.00. The van der Waals surface area contributed by atoms with Gasteiger partial charge in [-0.05, 0) is 13.8 Å².